The first-order chi connectivity index (χ1) is 11.5. The van der Waals surface area contributed by atoms with E-state index in [2.05, 4.69) is 0 Å². The van der Waals surface area contributed by atoms with Crippen LogP contribution in [0.4, 0.5) is 0 Å². The molecule has 3 heterocycles. The molecule has 0 aromatic heterocycles. The van der Waals surface area contributed by atoms with Crippen LogP contribution in [0.3, 0.4) is 0 Å². The van der Waals surface area contributed by atoms with Crippen LogP contribution in [0.2, 0.25) is 0 Å². The molecule has 1 aromatic carbocycles. The third kappa shape index (κ3) is 2.18. The summed E-state index contributed by atoms with van der Waals surface area (Å²) in [5.41, 5.74) is 0.282. The first-order valence-electron chi connectivity index (χ1n) is 8.40. The molecule has 0 aliphatic carbocycles. The number of esters is 1. The molecule has 4 atom stereocenters. The number of ether oxygens (including phenoxy) is 2. The summed E-state index contributed by atoms with van der Waals surface area (Å²) in [6.45, 7) is 4.70. The number of benzene rings is 1. The van der Waals surface area contributed by atoms with Crippen molar-refractivity contribution in [3.8, 4) is 0 Å². The van der Waals surface area contributed by atoms with Gasteiger partial charge in [-0.25, -0.2) is 0 Å². The molecule has 0 radical (unpaired) electrons. The van der Waals surface area contributed by atoms with Gasteiger partial charge in [-0.1, -0.05) is 42.5 Å². The fourth-order valence-electron chi connectivity index (χ4n) is 4.06. The van der Waals surface area contributed by atoms with Crippen LogP contribution in [0.25, 0.3) is 0 Å². The molecule has 24 heavy (non-hydrogen) atoms. The Morgan fingerprint density at radius 2 is 2.12 bits per heavy atom. The topological polar surface area (TPSA) is 55.8 Å². The second kappa shape index (κ2) is 5.45. The smallest absolute Gasteiger partial charge is 0.313 e. The van der Waals surface area contributed by atoms with Crippen LogP contribution in [0.5, 0.6) is 0 Å². The molecule has 0 N–H and O–H groups in total. The lowest BCUT2D eigenvalue weighted by Gasteiger charge is -2.24. The van der Waals surface area contributed by atoms with Crippen LogP contribution >= 0.6 is 0 Å². The second-order valence-corrected chi connectivity index (χ2v) is 7.05. The summed E-state index contributed by atoms with van der Waals surface area (Å²) in [6, 6.07) is 9.64. The van der Waals surface area contributed by atoms with Crippen molar-refractivity contribution in [3.63, 3.8) is 0 Å². The maximum atomic E-state index is 12.8. The van der Waals surface area contributed by atoms with Crippen molar-refractivity contribution < 1.29 is 19.1 Å². The molecule has 4 rings (SSSR count). The Morgan fingerprint density at radius 3 is 2.83 bits per heavy atom. The van der Waals surface area contributed by atoms with E-state index in [4.69, 9.17) is 9.47 Å². The Bertz CT molecular complexity index is 699. The zero-order valence-electron chi connectivity index (χ0n) is 13.8. The van der Waals surface area contributed by atoms with Crippen molar-refractivity contribution in [2.75, 3.05) is 6.54 Å². The Kier molecular flexibility index (Phi) is 3.49. The summed E-state index contributed by atoms with van der Waals surface area (Å²) in [4.78, 5) is 27.3. The molecule has 1 unspecified atom stereocenters. The fraction of sp³-hybridized carbons (Fsp3) is 0.474. The molecule has 1 spiro atoms. The number of rotatable bonds is 4. The van der Waals surface area contributed by atoms with Gasteiger partial charge in [-0.15, -0.1) is 0 Å². The first-order valence-corrected chi connectivity index (χ1v) is 8.40. The molecular weight excluding hydrogens is 306 g/mol. The number of hydrogen-bond donors (Lipinski definition) is 0. The lowest BCUT2D eigenvalue weighted by molar-refractivity contribution is -0.155. The van der Waals surface area contributed by atoms with E-state index in [1.165, 1.54) is 0 Å². The molecule has 1 aromatic rings. The Labute approximate surface area is 141 Å². The van der Waals surface area contributed by atoms with E-state index in [1.54, 1.807) is 4.90 Å². The van der Waals surface area contributed by atoms with Crippen LogP contribution in [0, 0.1) is 11.8 Å². The van der Waals surface area contributed by atoms with Gasteiger partial charge in [0, 0.05) is 6.04 Å². The number of nitrogens with zero attached hydrogens (tertiary/aromatic N) is 1. The van der Waals surface area contributed by atoms with E-state index < -0.39 is 17.4 Å². The van der Waals surface area contributed by atoms with Crippen molar-refractivity contribution in [3.05, 3.63) is 48.0 Å². The zero-order chi connectivity index (χ0) is 16.9. The van der Waals surface area contributed by atoms with Gasteiger partial charge < -0.3 is 14.4 Å². The fourth-order valence-corrected chi connectivity index (χ4v) is 4.06. The molecule has 2 saturated heterocycles. The van der Waals surface area contributed by atoms with Gasteiger partial charge in [0.05, 0.1) is 18.6 Å². The Morgan fingerprint density at radius 1 is 1.38 bits per heavy atom. The van der Waals surface area contributed by atoms with Gasteiger partial charge >= 0.3 is 5.97 Å². The summed E-state index contributed by atoms with van der Waals surface area (Å²) >= 11 is 0. The second-order valence-electron chi connectivity index (χ2n) is 7.05. The number of likely N-dealkylation sites (tertiary alicyclic amines) is 1. The predicted octanol–water partition coefficient (Wildman–Crippen LogP) is 1.92. The van der Waals surface area contributed by atoms with E-state index >= 15 is 0 Å². The monoisotopic (exact) mass is 327 g/mol. The summed E-state index contributed by atoms with van der Waals surface area (Å²) < 4.78 is 11.5. The molecule has 5 nitrogen and oxygen atoms in total. The molecule has 3 aliphatic rings. The van der Waals surface area contributed by atoms with Crippen molar-refractivity contribution in [1.82, 2.24) is 4.90 Å². The summed E-state index contributed by atoms with van der Waals surface area (Å²) in [6.07, 6.45) is 3.52. The molecule has 126 valence electrons. The molecule has 0 saturated carbocycles. The quantitative estimate of drug-likeness (QED) is 0.626. The number of fused-ring (bicyclic) bond motifs is 1. The van der Waals surface area contributed by atoms with Gasteiger partial charge in [-0.2, -0.15) is 0 Å². The van der Waals surface area contributed by atoms with Gasteiger partial charge in [-0.3, -0.25) is 9.59 Å². The van der Waals surface area contributed by atoms with Crippen LogP contribution in [-0.4, -0.2) is 41.1 Å². The number of hydrogen-bond acceptors (Lipinski definition) is 4. The molecule has 2 bridgehead atoms. The molecule has 2 fully saturated rings. The standard InChI is InChI=1S/C19H21NO4/c1-12(2)20-11-19-9-8-14(24-19)15(16(19)17(20)21)18(22)23-10-13-6-4-3-5-7-13/h3-9,12,14-16H,10-11H2,1-2H3/t14-,15?,16+,19-/m1/s1. The van der Waals surface area contributed by atoms with Crippen LogP contribution in [-0.2, 0) is 25.7 Å². The average molecular weight is 327 g/mol. The third-order valence-electron chi connectivity index (χ3n) is 5.25. The predicted molar refractivity (Wildman–Crippen MR) is 86.8 cm³/mol. The van der Waals surface area contributed by atoms with Crippen molar-refractivity contribution in [1.29, 1.82) is 0 Å². The van der Waals surface area contributed by atoms with E-state index in [9.17, 15) is 9.59 Å². The zero-order valence-corrected chi connectivity index (χ0v) is 13.8. The van der Waals surface area contributed by atoms with Crippen molar-refractivity contribution >= 4 is 11.9 Å². The molecule has 5 heteroatoms. The van der Waals surface area contributed by atoms with E-state index in [0.717, 1.165) is 5.56 Å². The largest absolute Gasteiger partial charge is 0.460 e. The van der Waals surface area contributed by atoms with Gasteiger partial charge in [0.2, 0.25) is 5.91 Å². The number of carbonyl (C=O) groups is 2. The maximum Gasteiger partial charge on any atom is 0.313 e. The average Bonchev–Trinajstić information content (AvgIpc) is 3.22. The highest BCUT2D eigenvalue weighted by Gasteiger charge is 2.67. The minimum absolute atomic E-state index is 0.00138. The number of amides is 1. The highest BCUT2D eigenvalue weighted by atomic mass is 16.6. The highest BCUT2D eigenvalue weighted by molar-refractivity contribution is 5.91. The summed E-state index contributed by atoms with van der Waals surface area (Å²) in [7, 11) is 0. The minimum Gasteiger partial charge on any atom is -0.460 e. The lowest BCUT2D eigenvalue weighted by atomic mass is 9.77. The van der Waals surface area contributed by atoms with Crippen molar-refractivity contribution in [2.24, 2.45) is 11.8 Å². The first kappa shape index (κ1) is 15.4. The normalized spacial score (nSPS) is 33.4. The number of carbonyl (C=O) groups excluding carboxylic acids is 2. The molecule has 1 amide bonds. The molecule has 3 aliphatic heterocycles. The van der Waals surface area contributed by atoms with Gasteiger partial charge in [0.1, 0.15) is 18.1 Å². The van der Waals surface area contributed by atoms with Gasteiger partial charge in [0.25, 0.3) is 0 Å². The highest BCUT2D eigenvalue weighted by Crippen LogP contribution is 2.52. The Balaban J connectivity index is 1.52. The molecular formula is C19H21NO4. The maximum absolute atomic E-state index is 12.8. The van der Waals surface area contributed by atoms with Crippen molar-refractivity contribution in [2.45, 2.75) is 38.2 Å². The minimum atomic E-state index is -0.650. The summed E-state index contributed by atoms with van der Waals surface area (Å²) in [5, 5.41) is 0. The van der Waals surface area contributed by atoms with E-state index in [-0.39, 0.29) is 30.6 Å². The third-order valence-corrected chi connectivity index (χ3v) is 5.25. The summed E-state index contributed by atoms with van der Waals surface area (Å²) in [5.74, 6) is -1.36. The van der Waals surface area contributed by atoms with Gasteiger partial charge in [0.15, 0.2) is 0 Å². The SMILES string of the molecule is CC(C)N1C[C@@]23C=C[C@@H](O2)C(C(=O)OCc2ccccc2)[C@H]3C1=O. The Hall–Kier alpha value is -2.14. The van der Waals surface area contributed by atoms with Crippen LogP contribution in [0.15, 0.2) is 42.5 Å². The van der Waals surface area contributed by atoms with E-state index in [0.29, 0.717) is 6.54 Å². The van der Waals surface area contributed by atoms with Crippen LogP contribution in [0.1, 0.15) is 19.4 Å². The van der Waals surface area contributed by atoms with Crippen LogP contribution < -0.4 is 0 Å². The lowest BCUT2D eigenvalue weighted by Crippen LogP contribution is -2.40. The van der Waals surface area contributed by atoms with Gasteiger partial charge in [-0.05, 0) is 19.4 Å². The van der Waals surface area contributed by atoms with E-state index in [1.807, 2.05) is 56.3 Å².